The second-order valence-electron chi connectivity index (χ2n) is 5.98. The van der Waals surface area contributed by atoms with Crippen molar-refractivity contribution in [1.82, 2.24) is 5.32 Å². The van der Waals surface area contributed by atoms with Gasteiger partial charge < -0.3 is 19.5 Å². The number of benzene rings is 2. The highest BCUT2D eigenvalue weighted by Crippen LogP contribution is 2.31. The van der Waals surface area contributed by atoms with E-state index in [0.29, 0.717) is 13.0 Å². The van der Waals surface area contributed by atoms with Crippen molar-refractivity contribution in [3.05, 3.63) is 59.7 Å². The molecule has 1 aliphatic heterocycles. The Morgan fingerprint density at radius 3 is 2.69 bits per heavy atom. The van der Waals surface area contributed by atoms with Crippen LogP contribution in [0.3, 0.4) is 0 Å². The van der Waals surface area contributed by atoms with Crippen molar-refractivity contribution in [3.63, 3.8) is 0 Å². The fourth-order valence-corrected chi connectivity index (χ4v) is 2.84. The summed E-state index contributed by atoms with van der Waals surface area (Å²) < 4.78 is 15.7. The van der Waals surface area contributed by atoms with Gasteiger partial charge in [0.05, 0.1) is 26.2 Å². The van der Waals surface area contributed by atoms with Crippen molar-refractivity contribution >= 4 is 11.9 Å². The number of amides is 1. The smallest absolute Gasteiger partial charge is 0.310 e. The Morgan fingerprint density at radius 2 is 1.92 bits per heavy atom. The number of rotatable bonds is 6. The number of methoxy groups -OCH3 is 1. The average molecular weight is 355 g/mol. The van der Waals surface area contributed by atoms with Crippen LogP contribution in [-0.4, -0.2) is 32.2 Å². The molecule has 0 fully saturated rings. The summed E-state index contributed by atoms with van der Waals surface area (Å²) in [5.41, 5.74) is 1.74. The highest BCUT2D eigenvalue weighted by molar-refractivity contribution is 5.81. The predicted octanol–water partition coefficient (Wildman–Crippen LogP) is 2.42. The van der Waals surface area contributed by atoms with Crippen LogP contribution in [0.4, 0.5) is 0 Å². The maximum Gasteiger partial charge on any atom is 0.310 e. The van der Waals surface area contributed by atoms with Gasteiger partial charge in [0.25, 0.3) is 5.91 Å². The quantitative estimate of drug-likeness (QED) is 0.806. The predicted molar refractivity (Wildman–Crippen MR) is 95.1 cm³/mol. The Balaban J connectivity index is 1.47. The molecule has 1 heterocycles. The molecular weight excluding hydrogens is 334 g/mol. The third-order valence-electron chi connectivity index (χ3n) is 4.17. The molecule has 0 spiro atoms. The number of hydrogen-bond donors (Lipinski definition) is 1. The van der Waals surface area contributed by atoms with E-state index < -0.39 is 5.97 Å². The second-order valence-corrected chi connectivity index (χ2v) is 5.98. The molecule has 0 radical (unpaired) electrons. The molecular formula is C20H21NO5. The first-order chi connectivity index (χ1) is 12.7. The van der Waals surface area contributed by atoms with E-state index in [-0.39, 0.29) is 25.0 Å². The van der Waals surface area contributed by atoms with E-state index in [0.717, 1.165) is 22.6 Å². The zero-order valence-electron chi connectivity index (χ0n) is 14.6. The molecule has 1 unspecified atom stereocenters. The van der Waals surface area contributed by atoms with E-state index in [2.05, 4.69) is 5.32 Å². The van der Waals surface area contributed by atoms with Crippen LogP contribution in [0, 0.1) is 0 Å². The summed E-state index contributed by atoms with van der Waals surface area (Å²) in [6.07, 6.45) is 0.792. The van der Waals surface area contributed by atoms with E-state index in [4.69, 9.17) is 14.2 Å². The highest BCUT2D eigenvalue weighted by Gasteiger charge is 2.22. The lowest BCUT2D eigenvalue weighted by Gasteiger charge is -2.26. The highest BCUT2D eigenvalue weighted by atomic mass is 16.5. The molecule has 0 aromatic heterocycles. The monoisotopic (exact) mass is 355 g/mol. The largest absolute Gasteiger partial charge is 0.497 e. The van der Waals surface area contributed by atoms with Crippen LogP contribution in [0.2, 0.25) is 0 Å². The summed E-state index contributed by atoms with van der Waals surface area (Å²) in [7, 11) is 1.58. The molecule has 1 atom stereocenters. The summed E-state index contributed by atoms with van der Waals surface area (Å²) in [5.74, 6) is 0.728. The van der Waals surface area contributed by atoms with Crippen LogP contribution < -0.4 is 14.8 Å². The number of esters is 1. The minimum atomic E-state index is -0.447. The minimum Gasteiger partial charge on any atom is -0.497 e. The van der Waals surface area contributed by atoms with Crippen LogP contribution in [0.25, 0.3) is 0 Å². The lowest BCUT2D eigenvalue weighted by molar-refractivity contribution is -0.148. The first-order valence-corrected chi connectivity index (χ1v) is 8.45. The lowest BCUT2D eigenvalue weighted by Crippen LogP contribution is -2.35. The lowest BCUT2D eigenvalue weighted by atomic mass is 10.0. The van der Waals surface area contributed by atoms with Gasteiger partial charge in [-0.2, -0.15) is 0 Å². The molecule has 136 valence electrons. The standard InChI is InChI=1S/C20H21NO5/c1-24-15-8-6-14(7-9-15)12-20(23)26-13-19(22)21-17-10-11-25-18-5-3-2-4-16(17)18/h2-9,17H,10-13H2,1H3,(H,21,22). The summed E-state index contributed by atoms with van der Waals surface area (Å²) in [5, 5.41) is 2.90. The Hall–Kier alpha value is -3.02. The van der Waals surface area contributed by atoms with Crippen molar-refractivity contribution in [3.8, 4) is 11.5 Å². The average Bonchev–Trinajstić information content (AvgIpc) is 2.67. The fraction of sp³-hybridized carbons (Fsp3) is 0.300. The molecule has 3 rings (SSSR count). The summed E-state index contributed by atoms with van der Waals surface area (Å²) in [6.45, 7) is 0.244. The number of para-hydroxylation sites is 1. The van der Waals surface area contributed by atoms with Gasteiger partial charge in [-0.3, -0.25) is 9.59 Å². The van der Waals surface area contributed by atoms with Gasteiger partial charge in [0, 0.05) is 12.0 Å². The number of ether oxygens (including phenoxy) is 3. The van der Waals surface area contributed by atoms with Crippen LogP contribution in [0.15, 0.2) is 48.5 Å². The van der Waals surface area contributed by atoms with Crippen molar-refractivity contribution in [2.45, 2.75) is 18.9 Å². The van der Waals surface area contributed by atoms with Crippen molar-refractivity contribution in [1.29, 1.82) is 0 Å². The van der Waals surface area contributed by atoms with Gasteiger partial charge in [-0.15, -0.1) is 0 Å². The maximum absolute atomic E-state index is 12.1. The zero-order valence-corrected chi connectivity index (χ0v) is 14.6. The molecule has 1 amide bonds. The molecule has 26 heavy (non-hydrogen) atoms. The van der Waals surface area contributed by atoms with Gasteiger partial charge in [0.15, 0.2) is 6.61 Å². The molecule has 6 heteroatoms. The molecule has 6 nitrogen and oxygen atoms in total. The first kappa shape index (κ1) is 17.8. The summed E-state index contributed by atoms with van der Waals surface area (Å²) >= 11 is 0. The van der Waals surface area contributed by atoms with E-state index >= 15 is 0 Å². The van der Waals surface area contributed by atoms with Gasteiger partial charge in [0.1, 0.15) is 11.5 Å². The van der Waals surface area contributed by atoms with E-state index in [1.807, 2.05) is 24.3 Å². The zero-order chi connectivity index (χ0) is 18.4. The second kappa shape index (κ2) is 8.38. The first-order valence-electron chi connectivity index (χ1n) is 8.45. The molecule has 1 aliphatic rings. The van der Waals surface area contributed by atoms with E-state index in [9.17, 15) is 9.59 Å². The molecule has 1 N–H and O–H groups in total. The maximum atomic E-state index is 12.1. The number of hydrogen-bond acceptors (Lipinski definition) is 5. The molecule has 2 aromatic rings. The number of carbonyl (C=O) groups is 2. The van der Waals surface area contributed by atoms with Crippen molar-refractivity contribution < 1.29 is 23.8 Å². The van der Waals surface area contributed by atoms with Gasteiger partial charge in [-0.1, -0.05) is 30.3 Å². The third kappa shape index (κ3) is 4.53. The SMILES string of the molecule is COc1ccc(CC(=O)OCC(=O)NC2CCOc3ccccc32)cc1. The van der Waals surface area contributed by atoms with Gasteiger partial charge in [-0.25, -0.2) is 0 Å². The van der Waals surface area contributed by atoms with Gasteiger partial charge in [-0.05, 0) is 23.8 Å². The number of fused-ring (bicyclic) bond motifs is 1. The van der Waals surface area contributed by atoms with E-state index in [1.54, 1.807) is 31.4 Å². The molecule has 0 bridgehead atoms. The topological polar surface area (TPSA) is 73.9 Å². The van der Waals surface area contributed by atoms with Crippen LogP contribution >= 0.6 is 0 Å². The number of nitrogens with one attached hydrogen (secondary N) is 1. The minimum absolute atomic E-state index is 0.109. The van der Waals surface area contributed by atoms with Crippen molar-refractivity contribution in [2.24, 2.45) is 0 Å². The normalized spacial score (nSPS) is 15.3. The number of carbonyl (C=O) groups excluding carboxylic acids is 2. The fourth-order valence-electron chi connectivity index (χ4n) is 2.84. The van der Waals surface area contributed by atoms with Gasteiger partial charge >= 0.3 is 5.97 Å². The summed E-state index contributed by atoms with van der Waals surface area (Å²) in [4.78, 5) is 24.0. The Kier molecular flexibility index (Phi) is 5.73. The molecule has 0 aliphatic carbocycles. The van der Waals surface area contributed by atoms with Crippen LogP contribution in [0.1, 0.15) is 23.6 Å². The van der Waals surface area contributed by atoms with Crippen molar-refractivity contribution in [2.75, 3.05) is 20.3 Å². The molecule has 0 saturated heterocycles. The van der Waals surface area contributed by atoms with Crippen LogP contribution in [-0.2, 0) is 20.7 Å². The molecule has 0 saturated carbocycles. The summed E-state index contributed by atoms with van der Waals surface area (Å²) in [6, 6.07) is 14.6. The van der Waals surface area contributed by atoms with Crippen LogP contribution in [0.5, 0.6) is 11.5 Å². The van der Waals surface area contributed by atoms with Gasteiger partial charge in [0.2, 0.25) is 0 Å². The Morgan fingerprint density at radius 1 is 1.15 bits per heavy atom. The third-order valence-corrected chi connectivity index (χ3v) is 4.17. The van der Waals surface area contributed by atoms with E-state index in [1.165, 1.54) is 0 Å². The Bertz CT molecular complexity index is 772. The Labute approximate surface area is 152 Å². The molecule has 2 aromatic carbocycles.